The van der Waals surface area contributed by atoms with Crippen molar-refractivity contribution in [3.63, 3.8) is 0 Å². The van der Waals surface area contributed by atoms with Gasteiger partial charge in [0.1, 0.15) is 0 Å². The van der Waals surface area contributed by atoms with E-state index >= 15 is 0 Å². The molecule has 3 N–H and O–H groups in total. The number of anilines is 1. The molecule has 1 aromatic rings. The molecular formula is C18H28ClN3O2. The van der Waals surface area contributed by atoms with Crippen molar-refractivity contribution in [3.8, 4) is 0 Å². The standard InChI is InChI=1S/C18H28ClN3O2/c1-5-8-20-9-10-21-17(24)14-11-13(6-7-15(14)19)22-16(23)12-18(2,3)4/h6-7,11,20H,5,8-10,12H2,1-4H3,(H,21,24)(H,22,23). The third kappa shape index (κ3) is 7.79. The quantitative estimate of drug-likeness (QED) is 0.627. The number of nitrogens with one attached hydrogen (secondary N) is 3. The average Bonchev–Trinajstić information content (AvgIpc) is 2.47. The Hall–Kier alpha value is -1.59. The zero-order chi connectivity index (χ0) is 18.2. The Kier molecular flexibility index (Phi) is 8.22. The van der Waals surface area contributed by atoms with Crippen LogP contribution in [0.1, 0.15) is 50.9 Å². The van der Waals surface area contributed by atoms with Gasteiger partial charge in [-0.05, 0) is 36.6 Å². The van der Waals surface area contributed by atoms with Gasteiger partial charge in [-0.3, -0.25) is 9.59 Å². The predicted octanol–water partition coefficient (Wildman–Crippen LogP) is 3.44. The third-order valence-corrected chi connectivity index (χ3v) is 3.53. The van der Waals surface area contributed by atoms with Gasteiger partial charge in [0.2, 0.25) is 5.91 Å². The van der Waals surface area contributed by atoms with Crippen LogP contribution < -0.4 is 16.0 Å². The average molecular weight is 354 g/mol. The molecule has 0 atom stereocenters. The minimum absolute atomic E-state index is 0.0834. The summed E-state index contributed by atoms with van der Waals surface area (Å²) in [6.07, 6.45) is 1.45. The summed E-state index contributed by atoms with van der Waals surface area (Å²) in [5, 5.41) is 9.21. The smallest absolute Gasteiger partial charge is 0.252 e. The minimum atomic E-state index is -0.245. The summed E-state index contributed by atoms with van der Waals surface area (Å²) in [6.45, 7) is 10.2. The van der Waals surface area contributed by atoms with Gasteiger partial charge in [-0.2, -0.15) is 0 Å². The lowest BCUT2D eigenvalue weighted by atomic mass is 9.92. The van der Waals surface area contributed by atoms with Gasteiger partial charge in [0.05, 0.1) is 10.6 Å². The number of carbonyl (C=O) groups is 2. The summed E-state index contributed by atoms with van der Waals surface area (Å²) < 4.78 is 0. The number of halogens is 1. The maximum atomic E-state index is 12.2. The molecule has 0 saturated carbocycles. The van der Waals surface area contributed by atoms with Gasteiger partial charge in [-0.1, -0.05) is 39.3 Å². The van der Waals surface area contributed by atoms with Gasteiger partial charge in [0.25, 0.3) is 5.91 Å². The minimum Gasteiger partial charge on any atom is -0.351 e. The molecule has 6 heteroatoms. The van der Waals surface area contributed by atoms with E-state index in [0.29, 0.717) is 35.8 Å². The Morgan fingerprint density at radius 2 is 1.83 bits per heavy atom. The number of benzene rings is 1. The van der Waals surface area contributed by atoms with Crippen LogP contribution in [0, 0.1) is 5.41 Å². The fourth-order valence-electron chi connectivity index (χ4n) is 2.13. The lowest BCUT2D eigenvalue weighted by Crippen LogP contribution is -2.32. The van der Waals surface area contributed by atoms with Crippen LogP contribution in [0.3, 0.4) is 0 Å². The molecule has 0 aliphatic heterocycles. The molecular weight excluding hydrogens is 326 g/mol. The normalized spacial score (nSPS) is 11.2. The predicted molar refractivity (Wildman–Crippen MR) is 99.6 cm³/mol. The van der Waals surface area contributed by atoms with Gasteiger partial charge in [-0.25, -0.2) is 0 Å². The molecule has 0 bridgehead atoms. The van der Waals surface area contributed by atoms with Gasteiger partial charge in [-0.15, -0.1) is 0 Å². The number of hydrogen-bond donors (Lipinski definition) is 3. The Morgan fingerprint density at radius 1 is 1.12 bits per heavy atom. The van der Waals surface area contributed by atoms with E-state index in [1.54, 1.807) is 18.2 Å². The molecule has 1 aromatic carbocycles. The third-order valence-electron chi connectivity index (χ3n) is 3.20. The van der Waals surface area contributed by atoms with E-state index in [-0.39, 0.29) is 17.2 Å². The van der Waals surface area contributed by atoms with Crippen LogP contribution in [-0.4, -0.2) is 31.4 Å². The molecule has 0 unspecified atom stereocenters. The van der Waals surface area contributed by atoms with Crippen LogP contribution >= 0.6 is 11.6 Å². The first-order chi connectivity index (χ1) is 11.2. The largest absolute Gasteiger partial charge is 0.351 e. The lowest BCUT2D eigenvalue weighted by molar-refractivity contribution is -0.117. The van der Waals surface area contributed by atoms with Crippen LogP contribution in [0.15, 0.2) is 18.2 Å². The van der Waals surface area contributed by atoms with E-state index in [1.807, 2.05) is 20.8 Å². The van der Waals surface area contributed by atoms with Crippen LogP contribution in [0.2, 0.25) is 5.02 Å². The Morgan fingerprint density at radius 3 is 2.46 bits per heavy atom. The van der Waals surface area contributed by atoms with Crippen molar-refractivity contribution in [2.75, 3.05) is 25.0 Å². The highest BCUT2D eigenvalue weighted by Gasteiger charge is 2.17. The molecule has 134 valence electrons. The fourth-order valence-corrected chi connectivity index (χ4v) is 2.33. The van der Waals surface area contributed by atoms with Crippen molar-refractivity contribution >= 4 is 29.1 Å². The summed E-state index contributed by atoms with van der Waals surface area (Å²) in [7, 11) is 0. The Bertz CT molecular complexity index is 568. The van der Waals surface area contributed by atoms with E-state index in [2.05, 4.69) is 22.9 Å². The van der Waals surface area contributed by atoms with Crippen molar-refractivity contribution in [1.29, 1.82) is 0 Å². The molecule has 0 aliphatic carbocycles. The van der Waals surface area contributed by atoms with Crippen molar-refractivity contribution in [2.24, 2.45) is 5.41 Å². The number of carbonyl (C=O) groups excluding carboxylic acids is 2. The Labute approximate surface area is 149 Å². The van der Waals surface area contributed by atoms with Gasteiger partial charge in [0.15, 0.2) is 0 Å². The van der Waals surface area contributed by atoms with Crippen molar-refractivity contribution < 1.29 is 9.59 Å². The van der Waals surface area contributed by atoms with Crippen LogP contribution in [0.25, 0.3) is 0 Å². The molecule has 5 nitrogen and oxygen atoms in total. The van der Waals surface area contributed by atoms with Crippen molar-refractivity contribution in [3.05, 3.63) is 28.8 Å². The second-order valence-electron chi connectivity index (χ2n) is 6.99. The van der Waals surface area contributed by atoms with E-state index < -0.39 is 0 Å². The maximum Gasteiger partial charge on any atom is 0.252 e. The van der Waals surface area contributed by atoms with Gasteiger partial charge >= 0.3 is 0 Å². The van der Waals surface area contributed by atoms with Crippen LogP contribution in [0.4, 0.5) is 5.69 Å². The summed E-state index contributed by atoms with van der Waals surface area (Å²) in [5.41, 5.74) is 0.839. The molecule has 1 rings (SSSR count). The first kappa shape index (κ1) is 20.5. The zero-order valence-corrected chi connectivity index (χ0v) is 15.7. The van der Waals surface area contributed by atoms with E-state index in [1.165, 1.54) is 0 Å². The second-order valence-corrected chi connectivity index (χ2v) is 7.39. The summed E-state index contributed by atoms with van der Waals surface area (Å²) in [4.78, 5) is 24.2. The highest BCUT2D eigenvalue weighted by molar-refractivity contribution is 6.34. The van der Waals surface area contributed by atoms with Gasteiger partial charge in [0, 0.05) is 25.2 Å². The summed E-state index contributed by atoms with van der Waals surface area (Å²) in [6, 6.07) is 4.93. The van der Waals surface area contributed by atoms with Gasteiger partial charge < -0.3 is 16.0 Å². The highest BCUT2D eigenvalue weighted by atomic mass is 35.5. The molecule has 0 aromatic heterocycles. The molecule has 2 amide bonds. The first-order valence-electron chi connectivity index (χ1n) is 8.31. The maximum absolute atomic E-state index is 12.2. The highest BCUT2D eigenvalue weighted by Crippen LogP contribution is 2.23. The summed E-state index contributed by atoms with van der Waals surface area (Å²) >= 11 is 6.11. The summed E-state index contributed by atoms with van der Waals surface area (Å²) in [5.74, 6) is -0.329. The zero-order valence-electron chi connectivity index (χ0n) is 15.0. The topological polar surface area (TPSA) is 70.2 Å². The number of hydrogen-bond acceptors (Lipinski definition) is 3. The SMILES string of the molecule is CCCNCCNC(=O)c1cc(NC(=O)CC(C)(C)C)ccc1Cl. The fraction of sp³-hybridized carbons (Fsp3) is 0.556. The number of amides is 2. The lowest BCUT2D eigenvalue weighted by Gasteiger charge is -2.17. The molecule has 0 radical (unpaired) electrons. The van der Waals surface area contributed by atoms with E-state index in [0.717, 1.165) is 13.0 Å². The van der Waals surface area contributed by atoms with E-state index in [9.17, 15) is 9.59 Å². The van der Waals surface area contributed by atoms with Crippen LogP contribution in [-0.2, 0) is 4.79 Å². The van der Waals surface area contributed by atoms with E-state index in [4.69, 9.17) is 11.6 Å². The first-order valence-corrected chi connectivity index (χ1v) is 8.69. The molecule has 0 spiro atoms. The monoisotopic (exact) mass is 353 g/mol. The molecule has 24 heavy (non-hydrogen) atoms. The van der Waals surface area contributed by atoms with Crippen molar-refractivity contribution in [1.82, 2.24) is 10.6 Å². The van der Waals surface area contributed by atoms with Crippen LogP contribution in [0.5, 0.6) is 0 Å². The second kappa shape index (κ2) is 9.64. The number of rotatable bonds is 8. The molecule has 0 fully saturated rings. The molecule has 0 heterocycles. The molecule has 0 aliphatic rings. The van der Waals surface area contributed by atoms with Crippen molar-refractivity contribution in [2.45, 2.75) is 40.5 Å². The Balaban J connectivity index is 2.65. The molecule has 0 saturated heterocycles.